The molecule has 1 aliphatic rings. The highest BCUT2D eigenvalue weighted by atomic mass is 35.5. The van der Waals surface area contributed by atoms with Gasteiger partial charge in [0.15, 0.2) is 6.61 Å². The van der Waals surface area contributed by atoms with E-state index in [0.29, 0.717) is 18.8 Å². The van der Waals surface area contributed by atoms with Gasteiger partial charge in [-0.1, -0.05) is 17.7 Å². The van der Waals surface area contributed by atoms with E-state index < -0.39 is 5.38 Å². The molecule has 5 nitrogen and oxygen atoms in total. The van der Waals surface area contributed by atoms with Crippen molar-refractivity contribution < 1.29 is 14.3 Å². The number of alkyl halides is 1. The molecule has 1 unspecified atom stereocenters. The lowest BCUT2D eigenvalue weighted by molar-refractivity contribution is -0.131. The second kappa shape index (κ2) is 8.20. The number of nitrogens with one attached hydrogen (secondary N) is 1. The second-order valence-corrected chi connectivity index (χ2v) is 6.54. The van der Waals surface area contributed by atoms with Crippen molar-refractivity contribution in [3.63, 3.8) is 0 Å². The van der Waals surface area contributed by atoms with Gasteiger partial charge in [-0.05, 0) is 38.8 Å². The van der Waals surface area contributed by atoms with Gasteiger partial charge < -0.3 is 15.0 Å². The average molecular weight is 339 g/mol. The Morgan fingerprint density at radius 3 is 2.48 bits per heavy atom. The normalized spacial score (nSPS) is 16.7. The van der Waals surface area contributed by atoms with E-state index in [1.807, 2.05) is 31.2 Å². The molecule has 126 valence electrons. The first-order valence-corrected chi connectivity index (χ1v) is 8.31. The average Bonchev–Trinajstić information content (AvgIpc) is 2.54. The molecule has 23 heavy (non-hydrogen) atoms. The summed E-state index contributed by atoms with van der Waals surface area (Å²) in [6.45, 7) is 4.93. The van der Waals surface area contributed by atoms with Crippen LogP contribution in [-0.4, -0.2) is 47.8 Å². The predicted molar refractivity (Wildman–Crippen MR) is 89.7 cm³/mol. The number of benzene rings is 1. The van der Waals surface area contributed by atoms with Gasteiger partial charge in [0.05, 0.1) is 0 Å². The van der Waals surface area contributed by atoms with Crippen LogP contribution >= 0.6 is 11.6 Å². The Morgan fingerprint density at radius 1 is 1.30 bits per heavy atom. The highest BCUT2D eigenvalue weighted by molar-refractivity contribution is 6.30. The standard InChI is InChI=1S/C17H23ClN2O3/c1-12-3-5-15(6-4-12)23-11-16(21)19-14-7-9-20(10-8-14)17(22)13(2)18/h3-6,13-14H,7-11H2,1-2H3,(H,19,21). The van der Waals surface area contributed by atoms with E-state index in [2.05, 4.69) is 5.32 Å². The molecule has 1 saturated heterocycles. The lowest BCUT2D eigenvalue weighted by atomic mass is 10.0. The maximum atomic E-state index is 11.9. The number of likely N-dealkylation sites (tertiary alicyclic amines) is 1. The lowest BCUT2D eigenvalue weighted by Gasteiger charge is -2.33. The molecule has 0 aliphatic carbocycles. The minimum absolute atomic E-state index is 0.000913. The van der Waals surface area contributed by atoms with Gasteiger partial charge in [0.1, 0.15) is 11.1 Å². The molecule has 0 spiro atoms. The first-order chi connectivity index (χ1) is 11.0. The molecular formula is C17H23ClN2O3. The van der Waals surface area contributed by atoms with Gasteiger partial charge in [0, 0.05) is 19.1 Å². The number of hydrogen-bond donors (Lipinski definition) is 1. The molecule has 0 radical (unpaired) electrons. The zero-order valence-corrected chi connectivity index (χ0v) is 14.3. The molecule has 0 bridgehead atoms. The number of carbonyl (C=O) groups is 2. The van der Waals surface area contributed by atoms with Crippen molar-refractivity contribution in [3.05, 3.63) is 29.8 Å². The number of halogens is 1. The van der Waals surface area contributed by atoms with Crippen molar-refractivity contribution in [2.24, 2.45) is 0 Å². The number of nitrogens with zero attached hydrogens (tertiary/aromatic N) is 1. The topological polar surface area (TPSA) is 58.6 Å². The molecular weight excluding hydrogens is 316 g/mol. The van der Waals surface area contributed by atoms with E-state index in [0.717, 1.165) is 18.4 Å². The Balaban J connectivity index is 1.70. The number of amides is 2. The number of rotatable bonds is 5. The third-order valence-corrected chi connectivity index (χ3v) is 4.09. The van der Waals surface area contributed by atoms with Crippen molar-refractivity contribution in [1.29, 1.82) is 0 Å². The smallest absolute Gasteiger partial charge is 0.258 e. The molecule has 1 fully saturated rings. The fourth-order valence-corrected chi connectivity index (χ4v) is 2.69. The molecule has 1 aromatic rings. The van der Waals surface area contributed by atoms with Crippen molar-refractivity contribution >= 4 is 23.4 Å². The number of aryl methyl sites for hydroxylation is 1. The first-order valence-electron chi connectivity index (χ1n) is 7.87. The highest BCUT2D eigenvalue weighted by Crippen LogP contribution is 2.14. The summed E-state index contributed by atoms with van der Waals surface area (Å²) in [4.78, 5) is 25.5. The highest BCUT2D eigenvalue weighted by Gasteiger charge is 2.25. The fraction of sp³-hybridized carbons (Fsp3) is 0.529. The Kier molecular flexibility index (Phi) is 6.28. The summed E-state index contributed by atoms with van der Waals surface area (Å²) < 4.78 is 5.46. The van der Waals surface area contributed by atoms with Crippen molar-refractivity contribution in [1.82, 2.24) is 10.2 Å². The SMILES string of the molecule is Cc1ccc(OCC(=O)NC2CCN(C(=O)C(C)Cl)CC2)cc1. The Hall–Kier alpha value is -1.75. The van der Waals surface area contributed by atoms with Gasteiger partial charge in [-0.15, -0.1) is 11.6 Å². The fourth-order valence-electron chi connectivity index (χ4n) is 2.55. The lowest BCUT2D eigenvalue weighted by Crippen LogP contribution is -2.48. The maximum absolute atomic E-state index is 11.9. The van der Waals surface area contributed by atoms with Gasteiger partial charge in [-0.2, -0.15) is 0 Å². The summed E-state index contributed by atoms with van der Waals surface area (Å²) in [5.41, 5.74) is 1.15. The summed E-state index contributed by atoms with van der Waals surface area (Å²) in [5.74, 6) is 0.502. The monoisotopic (exact) mass is 338 g/mol. The van der Waals surface area contributed by atoms with Crippen LogP contribution in [0.25, 0.3) is 0 Å². The van der Waals surface area contributed by atoms with Crippen molar-refractivity contribution in [3.8, 4) is 5.75 Å². The van der Waals surface area contributed by atoms with Crippen LogP contribution in [0.5, 0.6) is 5.75 Å². The van der Waals surface area contributed by atoms with E-state index in [9.17, 15) is 9.59 Å². The Labute approximate surface area is 141 Å². The molecule has 0 saturated carbocycles. The van der Waals surface area contributed by atoms with E-state index in [1.165, 1.54) is 0 Å². The number of carbonyl (C=O) groups excluding carboxylic acids is 2. The van der Waals surface area contributed by atoms with Crippen molar-refractivity contribution in [2.75, 3.05) is 19.7 Å². The van der Waals surface area contributed by atoms with Crippen LogP contribution in [0.4, 0.5) is 0 Å². The quantitative estimate of drug-likeness (QED) is 0.836. The molecule has 1 heterocycles. The van der Waals surface area contributed by atoms with Crippen molar-refractivity contribution in [2.45, 2.75) is 38.1 Å². The number of ether oxygens (including phenoxy) is 1. The van der Waals surface area contributed by atoms with E-state index in [4.69, 9.17) is 16.3 Å². The number of hydrogen-bond acceptors (Lipinski definition) is 3. The van der Waals surface area contributed by atoms with Gasteiger partial charge in [0.2, 0.25) is 5.91 Å². The second-order valence-electron chi connectivity index (χ2n) is 5.88. The van der Waals surface area contributed by atoms with Gasteiger partial charge in [-0.25, -0.2) is 0 Å². The van der Waals surface area contributed by atoms with Crippen LogP contribution in [0.2, 0.25) is 0 Å². The predicted octanol–water partition coefficient (Wildman–Crippen LogP) is 2.11. The number of piperidine rings is 1. The van der Waals surface area contributed by atoms with E-state index in [1.54, 1.807) is 11.8 Å². The van der Waals surface area contributed by atoms with Gasteiger partial charge >= 0.3 is 0 Å². The van der Waals surface area contributed by atoms with Crippen LogP contribution in [0, 0.1) is 6.92 Å². The molecule has 6 heteroatoms. The molecule has 1 atom stereocenters. The van der Waals surface area contributed by atoms with Crippen LogP contribution in [-0.2, 0) is 9.59 Å². The summed E-state index contributed by atoms with van der Waals surface area (Å²) in [7, 11) is 0. The van der Waals surface area contributed by atoms with Gasteiger partial charge in [0.25, 0.3) is 5.91 Å². The summed E-state index contributed by atoms with van der Waals surface area (Å²) >= 11 is 5.81. The molecule has 2 rings (SSSR count). The van der Waals surface area contributed by atoms with E-state index >= 15 is 0 Å². The third kappa shape index (κ3) is 5.43. The molecule has 1 aromatic carbocycles. The van der Waals surface area contributed by atoms with Crippen LogP contribution in [0.1, 0.15) is 25.3 Å². The van der Waals surface area contributed by atoms with Crippen LogP contribution < -0.4 is 10.1 Å². The first kappa shape index (κ1) is 17.6. The summed E-state index contributed by atoms with van der Waals surface area (Å²) in [6.07, 6.45) is 1.48. The molecule has 1 aliphatic heterocycles. The largest absolute Gasteiger partial charge is 0.484 e. The Bertz CT molecular complexity index is 537. The summed E-state index contributed by atoms with van der Waals surface area (Å²) in [5, 5.41) is 2.46. The van der Waals surface area contributed by atoms with Crippen LogP contribution in [0.15, 0.2) is 24.3 Å². The minimum Gasteiger partial charge on any atom is -0.484 e. The van der Waals surface area contributed by atoms with E-state index in [-0.39, 0.29) is 24.5 Å². The maximum Gasteiger partial charge on any atom is 0.258 e. The Morgan fingerprint density at radius 2 is 1.91 bits per heavy atom. The molecule has 2 amide bonds. The van der Waals surface area contributed by atoms with Gasteiger partial charge in [-0.3, -0.25) is 9.59 Å². The molecule has 0 aromatic heterocycles. The molecule has 1 N–H and O–H groups in total. The zero-order chi connectivity index (χ0) is 16.8. The minimum atomic E-state index is -0.496. The third-order valence-electron chi connectivity index (χ3n) is 3.90. The summed E-state index contributed by atoms with van der Waals surface area (Å²) in [6, 6.07) is 7.66. The zero-order valence-electron chi connectivity index (χ0n) is 13.5. The van der Waals surface area contributed by atoms with Crippen LogP contribution in [0.3, 0.4) is 0 Å².